The Bertz CT molecular complexity index is 1050. The van der Waals surface area contributed by atoms with Crippen LogP contribution < -0.4 is 21.5 Å². The number of nitrogens with one attached hydrogen (secondary N) is 4. The van der Waals surface area contributed by atoms with Gasteiger partial charge < -0.3 is 15.5 Å². The van der Waals surface area contributed by atoms with Crippen molar-refractivity contribution in [3.05, 3.63) is 41.5 Å². The highest BCUT2D eigenvalue weighted by Gasteiger charge is 2.47. The Morgan fingerprint density at radius 3 is 2.63 bits per heavy atom. The first kappa shape index (κ1) is 27.4. The second-order valence-electron chi connectivity index (χ2n) is 11.4. The lowest BCUT2D eigenvalue weighted by Crippen LogP contribution is -2.53. The molecule has 4 N–H and O–H groups in total. The summed E-state index contributed by atoms with van der Waals surface area (Å²) in [6.45, 7) is 5.01. The van der Waals surface area contributed by atoms with E-state index in [2.05, 4.69) is 28.1 Å². The maximum absolute atomic E-state index is 14.9. The number of halogens is 4. The predicted octanol–water partition coefficient (Wildman–Crippen LogP) is 2.92. The average molecular weight is 539 g/mol. The van der Waals surface area contributed by atoms with E-state index < -0.39 is 30.0 Å². The highest BCUT2D eigenvalue weighted by atomic mass is 19.4. The van der Waals surface area contributed by atoms with E-state index in [4.69, 9.17) is 0 Å². The molecule has 0 aromatic heterocycles. The molecule has 3 heterocycles. The summed E-state index contributed by atoms with van der Waals surface area (Å²) in [5, 5.41) is 6.33. The zero-order valence-electron chi connectivity index (χ0n) is 22.0. The van der Waals surface area contributed by atoms with Crippen LogP contribution in [0.5, 0.6) is 0 Å². The lowest BCUT2D eigenvalue weighted by Gasteiger charge is -2.45. The maximum atomic E-state index is 14.9. The minimum Gasteiger partial charge on any atom is -0.379 e. The van der Waals surface area contributed by atoms with Crippen molar-refractivity contribution in [1.82, 2.24) is 26.0 Å². The first-order valence-electron chi connectivity index (χ1n) is 13.5. The van der Waals surface area contributed by atoms with E-state index in [1.165, 1.54) is 0 Å². The van der Waals surface area contributed by atoms with E-state index >= 15 is 0 Å². The van der Waals surface area contributed by atoms with Gasteiger partial charge in [-0.1, -0.05) is 18.7 Å². The third-order valence-corrected chi connectivity index (χ3v) is 8.58. The molecule has 5 rings (SSSR count). The number of hydrogen-bond donors (Lipinski definition) is 4. The summed E-state index contributed by atoms with van der Waals surface area (Å²) < 4.78 is 56.9. The largest absolute Gasteiger partial charge is 0.413 e. The lowest BCUT2D eigenvalue weighted by molar-refractivity contribution is -0.122. The fourth-order valence-electron chi connectivity index (χ4n) is 6.17. The molecular formula is C27H38F4N6O. The molecule has 38 heavy (non-hydrogen) atoms. The number of amides is 1. The second kappa shape index (κ2) is 10.7. The van der Waals surface area contributed by atoms with Crippen LogP contribution in [-0.2, 0) is 11.2 Å². The van der Waals surface area contributed by atoms with Crippen molar-refractivity contribution in [1.29, 1.82) is 0 Å². The van der Waals surface area contributed by atoms with Crippen molar-refractivity contribution in [2.45, 2.75) is 74.7 Å². The molecule has 1 saturated carbocycles. The molecule has 1 amide bonds. The summed E-state index contributed by atoms with van der Waals surface area (Å²) >= 11 is 0. The SMILES string of the molecule is C=C(C1c2cccc(N[C@@H]3CCN(C)C[C@@H]3F)c2CC(C2CC(CNC(=O)C3CC3)NN2)N1C)C(F)(F)F. The van der Waals surface area contributed by atoms with E-state index in [-0.39, 0.29) is 30.0 Å². The summed E-state index contributed by atoms with van der Waals surface area (Å²) in [7, 11) is 3.60. The van der Waals surface area contributed by atoms with Gasteiger partial charge in [-0.3, -0.25) is 20.5 Å². The highest BCUT2D eigenvalue weighted by molar-refractivity contribution is 5.80. The number of likely N-dealkylation sites (tertiary alicyclic amines) is 1. The van der Waals surface area contributed by atoms with E-state index in [0.29, 0.717) is 43.6 Å². The molecule has 210 valence electrons. The molecule has 7 nitrogen and oxygen atoms in total. The van der Waals surface area contributed by atoms with Crippen molar-refractivity contribution in [2.24, 2.45) is 5.92 Å². The van der Waals surface area contributed by atoms with Gasteiger partial charge in [-0.15, -0.1) is 0 Å². The minimum absolute atomic E-state index is 0.0262. The molecule has 11 heteroatoms. The molecule has 1 aromatic rings. The number of nitrogens with zero attached hydrogens (tertiary/aromatic N) is 2. The molecule has 2 saturated heterocycles. The molecule has 4 aliphatic rings. The van der Waals surface area contributed by atoms with Crippen LogP contribution in [-0.4, -0.2) is 86.0 Å². The first-order chi connectivity index (χ1) is 18.0. The predicted molar refractivity (Wildman–Crippen MR) is 138 cm³/mol. The van der Waals surface area contributed by atoms with Gasteiger partial charge in [0.25, 0.3) is 0 Å². The van der Waals surface area contributed by atoms with Gasteiger partial charge in [-0.05, 0) is 63.4 Å². The van der Waals surface area contributed by atoms with Gasteiger partial charge in [0, 0.05) is 54.9 Å². The number of piperidine rings is 1. The molecule has 0 bridgehead atoms. The quantitative estimate of drug-likeness (QED) is 0.316. The van der Waals surface area contributed by atoms with Gasteiger partial charge in [0.1, 0.15) is 6.17 Å². The Kier molecular flexibility index (Phi) is 7.74. The number of carbonyl (C=O) groups excluding carboxylic acids is 1. The van der Waals surface area contributed by atoms with Crippen LogP contribution in [0.2, 0.25) is 0 Å². The fourth-order valence-corrected chi connectivity index (χ4v) is 6.17. The number of carbonyl (C=O) groups is 1. The number of hydrazine groups is 1. The third-order valence-electron chi connectivity index (χ3n) is 8.58. The molecule has 0 radical (unpaired) electrons. The number of alkyl halides is 4. The Morgan fingerprint density at radius 2 is 1.95 bits per heavy atom. The molecular weight excluding hydrogens is 500 g/mol. The normalized spacial score (nSPS) is 32.6. The summed E-state index contributed by atoms with van der Waals surface area (Å²) in [5.74, 6) is 0.186. The third kappa shape index (κ3) is 5.71. The van der Waals surface area contributed by atoms with Gasteiger partial charge in [-0.25, -0.2) is 4.39 Å². The Morgan fingerprint density at radius 1 is 1.18 bits per heavy atom. The van der Waals surface area contributed by atoms with E-state index in [9.17, 15) is 22.4 Å². The van der Waals surface area contributed by atoms with E-state index in [0.717, 1.165) is 24.9 Å². The van der Waals surface area contributed by atoms with Gasteiger partial charge in [0.2, 0.25) is 5.91 Å². The topological polar surface area (TPSA) is 71.7 Å². The van der Waals surface area contributed by atoms with Crippen molar-refractivity contribution in [3.8, 4) is 0 Å². The second-order valence-corrected chi connectivity index (χ2v) is 11.4. The molecule has 4 unspecified atom stereocenters. The number of benzene rings is 1. The Hall–Kier alpha value is -2.21. The summed E-state index contributed by atoms with van der Waals surface area (Å²) in [4.78, 5) is 15.8. The zero-order valence-corrected chi connectivity index (χ0v) is 22.0. The lowest BCUT2D eigenvalue weighted by atomic mass is 9.81. The van der Waals surface area contributed by atoms with Crippen LogP contribution in [0.25, 0.3) is 0 Å². The molecule has 3 fully saturated rings. The van der Waals surface area contributed by atoms with E-state index in [1.54, 1.807) is 24.1 Å². The van der Waals surface area contributed by atoms with Crippen LogP contribution in [0, 0.1) is 5.92 Å². The van der Waals surface area contributed by atoms with Gasteiger partial charge in [-0.2, -0.15) is 13.2 Å². The van der Waals surface area contributed by atoms with Crippen molar-refractivity contribution >= 4 is 11.6 Å². The Balaban J connectivity index is 1.38. The van der Waals surface area contributed by atoms with Crippen LogP contribution in [0.4, 0.5) is 23.2 Å². The van der Waals surface area contributed by atoms with Crippen molar-refractivity contribution in [3.63, 3.8) is 0 Å². The fraction of sp³-hybridized carbons (Fsp3) is 0.667. The zero-order chi connectivity index (χ0) is 27.2. The highest BCUT2D eigenvalue weighted by Crippen LogP contribution is 2.45. The van der Waals surface area contributed by atoms with Crippen LogP contribution in [0.15, 0.2) is 30.4 Å². The van der Waals surface area contributed by atoms with Crippen molar-refractivity contribution in [2.75, 3.05) is 39.0 Å². The monoisotopic (exact) mass is 538 g/mol. The van der Waals surface area contributed by atoms with Gasteiger partial charge in [0.15, 0.2) is 0 Å². The summed E-state index contributed by atoms with van der Waals surface area (Å²) in [6.07, 6.45) is -2.00. The molecule has 6 atom stereocenters. The molecule has 3 aliphatic heterocycles. The van der Waals surface area contributed by atoms with Crippen molar-refractivity contribution < 1.29 is 22.4 Å². The standard InChI is InChI=1S/C27H38F4N6O/c1-15(27(29,30)31)25-18-5-4-6-21(33-22-9-10-36(2)14-20(22)28)19(18)12-24(37(25)3)23-11-17(34-35-23)13-32-26(38)16-7-8-16/h4-6,16-17,20,22-25,33-35H,1,7-14H2,2-3H3,(H,32,38)/t17?,20-,22+,23?,24?,25?/m0/s1. The number of rotatable bonds is 7. The number of hydrogen-bond acceptors (Lipinski definition) is 6. The maximum Gasteiger partial charge on any atom is 0.413 e. The molecule has 1 aliphatic carbocycles. The minimum atomic E-state index is -4.56. The number of anilines is 1. The van der Waals surface area contributed by atoms with Gasteiger partial charge >= 0.3 is 6.18 Å². The Labute approximate surface area is 221 Å². The number of likely N-dealkylation sites (N-methyl/N-ethyl adjacent to an activating group) is 1. The molecule has 0 spiro atoms. The first-order valence-corrected chi connectivity index (χ1v) is 13.5. The summed E-state index contributed by atoms with van der Waals surface area (Å²) in [6, 6.07) is 3.41. The van der Waals surface area contributed by atoms with Crippen LogP contribution >= 0.6 is 0 Å². The smallest absolute Gasteiger partial charge is 0.379 e. The average Bonchev–Trinajstić information content (AvgIpc) is 3.61. The number of fused-ring (bicyclic) bond motifs is 1. The van der Waals surface area contributed by atoms with Gasteiger partial charge in [0.05, 0.1) is 12.1 Å². The van der Waals surface area contributed by atoms with Crippen LogP contribution in [0.3, 0.4) is 0 Å². The van der Waals surface area contributed by atoms with Crippen LogP contribution in [0.1, 0.15) is 42.9 Å². The van der Waals surface area contributed by atoms with E-state index in [1.807, 2.05) is 18.0 Å². The molecule has 1 aromatic carbocycles. The summed E-state index contributed by atoms with van der Waals surface area (Å²) in [5.41, 5.74) is 7.71.